The molecule has 0 unspecified atom stereocenters. The molecule has 3 amide bonds. The number of hydrogen-bond acceptors (Lipinski definition) is 3. The minimum atomic E-state index is -4.49. The summed E-state index contributed by atoms with van der Waals surface area (Å²) in [5.74, 6) is 0.524. The Morgan fingerprint density at radius 1 is 0.844 bits per heavy atom. The molecule has 164 valence electrons. The second-order valence-corrected chi connectivity index (χ2v) is 7.41. The van der Waals surface area contributed by atoms with Gasteiger partial charge in [-0.15, -0.1) is 0 Å². The van der Waals surface area contributed by atoms with Crippen LogP contribution in [-0.4, -0.2) is 16.9 Å². The number of aromatic nitrogens is 1. The van der Waals surface area contributed by atoms with E-state index < -0.39 is 17.8 Å². The van der Waals surface area contributed by atoms with Gasteiger partial charge in [0.2, 0.25) is 5.91 Å². The first-order valence-corrected chi connectivity index (χ1v) is 9.91. The van der Waals surface area contributed by atoms with Crippen LogP contribution in [0.15, 0.2) is 66.7 Å². The highest BCUT2D eigenvalue weighted by molar-refractivity contribution is 6.00. The van der Waals surface area contributed by atoms with Gasteiger partial charge in [0, 0.05) is 22.9 Å². The minimum absolute atomic E-state index is 0.0269. The largest absolute Gasteiger partial charge is 0.416 e. The van der Waals surface area contributed by atoms with Crippen LogP contribution < -0.4 is 16.0 Å². The normalized spacial score (nSPS) is 13.3. The molecule has 1 fully saturated rings. The smallest absolute Gasteiger partial charge is 0.310 e. The molecular weight excluding hydrogens is 421 g/mol. The van der Waals surface area contributed by atoms with Gasteiger partial charge >= 0.3 is 12.2 Å². The van der Waals surface area contributed by atoms with E-state index in [1.807, 2.05) is 0 Å². The third-order valence-corrected chi connectivity index (χ3v) is 4.83. The standard InChI is InChI=1S/C23H19F3N4O2/c24-23(25,26)16-3-1-4-18(13-16)28-22(32)27-17-11-9-14(10-12-17)19-5-2-6-20(29-19)30-21(31)15-7-8-15/h1-6,9-13,15H,7-8H2,(H2,27,28,32)(H,29,30,31). The summed E-state index contributed by atoms with van der Waals surface area (Å²) < 4.78 is 38.4. The molecule has 1 aliphatic carbocycles. The summed E-state index contributed by atoms with van der Waals surface area (Å²) in [7, 11) is 0. The van der Waals surface area contributed by atoms with E-state index in [2.05, 4.69) is 20.9 Å². The first-order chi connectivity index (χ1) is 15.3. The zero-order valence-corrected chi connectivity index (χ0v) is 16.7. The molecule has 0 bridgehead atoms. The lowest BCUT2D eigenvalue weighted by molar-refractivity contribution is -0.137. The summed E-state index contributed by atoms with van der Waals surface area (Å²) in [6, 6.07) is 15.8. The number of carbonyl (C=O) groups is 2. The van der Waals surface area contributed by atoms with Crippen LogP contribution in [0, 0.1) is 5.92 Å². The summed E-state index contributed by atoms with van der Waals surface area (Å²) in [4.78, 5) is 28.5. The summed E-state index contributed by atoms with van der Waals surface area (Å²) in [5.41, 5.74) is 1.07. The van der Waals surface area contributed by atoms with Gasteiger partial charge in [0.1, 0.15) is 5.82 Å². The Labute approximate surface area is 181 Å². The van der Waals surface area contributed by atoms with Gasteiger partial charge in [-0.05, 0) is 55.3 Å². The Morgan fingerprint density at radius 3 is 2.22 bits per heavy atom. The molecule has 0 saturated heterocycles. The molecule has 0 atom stereocenters. The average molecular weight is 440 g/mol. The first-order valence-electron chi connectivity index (χ1n) is 9.91. The van der Waals surface area contributed by atoms with Gasteiger partial charge in [0.25, 0.3) is 0 Å². The van der Waals surface area contributed by atoms with Crippen LogP contribution >= 0.6 is 0 Å². The second-order valence-electron chi connectivity index (χ2n) is 7.41. The van der Waals surface area contributed by atoms with E-state index in [4.69, 9.17) is 0 Å². The van der Waals surface area contributed by atoms with Crippen molar-refractivity contribution in [3.63, 3.8) is 0 Å². The third kappa shape index (κ3) is 5.42. The summed E-state index contributed by atoms with van der Waals surface area (Å²) >= 11 is 0. The summed E-state index contributed by atoms with van der Waals surface area (Å²) in [6.45, 7) is 0. The van der Waals surface area contributed by atoms with Crippen LogP contribution in [-0.2, 0) is 11.0 Å². The highest BCUT2D eigenvalue weighted by atomic mass is 19.4. The number of benzene rings is 2. The fourth-order valence-electron chi connectivity index (χ4n) is 3.03. The molecule has 3 aromatic rings. The molecule has 0 spiro atoms. The number of carbonyl (C=O) groups excluding carboxylic acids is 2. The van der Waals surface area contributed by atoms with Crippen molar-refractivity contribution in [1.82, 2.24) is 4.98 Å². The number of rotatable bonds is 5. The maximum absolute atomic E-state index is 12.8. The summed E-state index contributed by atoms with van der Waals surface area (Å²) in [6.07, 6.45) is -2.68. The van der Waals surface area contributed by atoms with Gasteiger partial charge in [-0.1, -0.05) is 24.3 Å². The van der Waals surface area contributed by atoms with Crippen molar-refractivity contribution in [2.75, 3.05) is 16.0 Å². The van der Waals surface area contributed by atoms with Crippen LogP contribution in [0.25, 0.3) is 11.3 Å². The van der Waals surface area contributed by atoms with Gasteiger partial charge in [-0.3, -0.25) is 4.79 Å². The molecule has 2 aromatic carbocycles. The Bertz CT molecular complexity index is 1140. The molecular formula is C23H19F3N4O2. The zero-order chi connectivity index (χ0) is 22.7. The van der Waals surface area contributed by atoms with Gasteiger partial charge < -0.3 is 16.0 Å². The number of nitrogens with one attached hydrogen (secondary N) is 3. The highest BCUT2D eigenvalue weighted by Crippen LogP contribution is 2.31. The van der Waals surface area contributed by atoms with Gasteiger partial charge in [0.15, 0.2) is 0 Å². The Hall–Kier alpha value is -3.88. The predicted octanol–water partition coefficient (Wildman–Crippen LogP) is 5.76. The Kier molecular flexibility index (Phi) is 5.81. The number of amides is 3. The molecule has 4 rings (SSSR count). The molecule has 9 heteroatoms. The van der Waals surface area contributed by atoms with E-state index in [0.29, 0.717) is 17.2 Å². The highest BCUT2D eigenvalue weighted by Gasteiger charge is 2.31. The Morgan fingerprint density at radius 2 is 1.53 bits per heavy atom. The van der Waals surface area contributed by atoms with Crippen LogP contribution in [0.5, 0.6) is 0 Å². The lowest BCUT2D eigenvalue weighted by Gasteiger charge is -2.11. The molecule has 1 aliphatic rings. The van der Waals surface area contributed by atoms with Crippen molar-refractivity contribution in [1.29, 1.82) is 0 Å². The molecule has 6 nitrogen and oxygen atoms in total. The Balaban J connectivity index is 1.39. The molecule has 3 N–H and O–H groups in total. The topological polar surface area (TPSA) is 83.1 Å². The lowest BCUT2D eigenvalue weighted by atomic mass is 10.1. The number of nitrogens with zero attached hydrogens (tertiary/aromatic N) is 1. The lowest BCUT2D eigenvalue weighted by Crippen LogP contribution is -2.19. The number of pyridine rings is 1. The third-order valence-electron chi connectivity index (χ3n) is 4.83. The van der Waals surface area contributed by atoms with Crippen molar-refractivity contribution >= 4 is 29.1 Å². The second kappa shape index (κ2) is 8.70. The SMILES string of the molecule is O=C(Nc1ccc(-c2cccc(NC(=O)C3CC3)n2)cc1)Nc1cccc(C(F)(F)F)c1. The van der Waals surface area contributed by atoms with Gasteiger partial charge in [0.05, 0.1) is 11.3 Å². The fraction of sp³-hybridized carbons (Fsp3) is 0.174. The van der Waals surface area contributed by atoms with E-state index in [0.717, 1.165) is 30.5 Å². The molecule has 0 aliphatic heterocycles. The van der Waals surface area contributed by atoms with Gasteiger partial charge in [-0.25, -0.2) is 9.78 Å². The molecule has 0 radical (unpaired) electrons. The molecule has 1 aromatic heterocycles. The van der Waals surface area contributed by atoms with E-state index in [1.54, 1.807) is 42.5 Å². The van der Waals surface area contributed by atoms with Crippen molar-refractivity contribution in [2.24, 2.45) is 5.92 Å². The van der Waals surface area contributed by atoms with E-state index in [-0.39, 0.29) is 17.5 Å². The maximum Gasteiger partial charge on any atom is 0.416 e. The number of alkyl halides is 3. The number of urea groups is 1. The monoisotopic (exact) mass is 440 g/mol. The van der Waals surface area contributed by atoms with Crippen molar-refractivity contribution in [2.45, 2.75) is 19.0 Å². The minimum Gasteiger partial charge on any atom is -0.310 e. The van der Waals surface area contributed by atoms with Crippen LogP contribution in [0.3, 0.4) is 0 Å². The van der Waals surface area contributed by atoms with Crippen LogP contribution in [0.4, 0.5) is 35.2 Å². The molecule has 1 saturated carbocycles. The number of hydrogen-bond donors (Lipinski definition) is 3. The number of anilines is 3. The average Bonchev–Trinajstić information content (AvgIpc) is 3.60. The van der Waals surface area contributed by atoms with Gasteiger partial charge in [-0.2, -0.15) is 13.2 Å². The van der Waals surface area contributed by atoms with Crippen LogP contribution in [0.2, 0.25) is 0 Å². The van der Waals surface area contributed by atoms with Crippen molar-refractivity contribution < 1.29 is 22.8 Å². The zero-order valence-electron chi connectivity index (χ0n) is 16.7. The quantitative estimate of drug-likeness (QED) is 0.472. The number of halogens is 3. The first kappa shape index (κ1) is 21.4. The fourth-order valence-corrected chi connectivity index (χ4v) is 3.03. The predicted molar refractivity (Wildman–Crippen MR) is 115 cm³/mol. The van der Waals surface area contributed by atoms with Crippen LogP contribution in [0.1, 0.15) is 18.4 Å². The van der Waals surface area contributed by atoms with Crippen molar-refractivity contribution in [3.8, 4) is 11.3 Å². The molecule has 32 heavy (non-hydrogen) atoms. The molecule has 1 heterocycles. The van der Waals surface area contributed by atoms with E-state index in [9.17, 15) is 22.8 Å². The maximum atomic E-state index is 12.8. The van der Waals surface area contributed by atoms with E-state index >= 15 is 0 Å². The van der Waals surface area contributed by atoms with Crippen molar-refractivity contribution in [3.05, 3.63) is 72.3 Å². The van der Waals surface area contributed by atoms with E-state index in [1.165, 1.54) is 12.1 Å². The summed E-state index contributed by atoms with van der Waals surface area (Å²) in [5, 5.41) is 7.76.